The SMILES string of the molecule is CCC(C)(C(=O)O)N(c1ccccc1)c1cccnc1. The number of aliphatic carboxylic acids is 1. The van der Waals surface area contributed by atoms with Crippen molar-refractivity contribution < 1.29 is 9.90 Å². The van der Waals surface area contributed by atoms with Crippen LogP contribution in [0.25, 0.3) is 0 Å². The summed E-state index contributed by atoms with van der Waals surface area (Å²) in [5.74, 6) is -0.854. The molecule has 20 heavy (non-hydrogen) atoms. The normalized spacial score (nSPS) is 13.5. The number of benzene rings is 1. The van der Waals surface area contributed by atoms with Gasteiger partial charge in [-0.05, 0) is 37.6 Å². The van der Waals surface area contributed by atoms with Crippen LogP contribution in [-0.2, 0) is 4.79 Å². The molecule has 0 aliphatic heterocycles. The Hall–Kier alpha value is -2.36. The van der Waals surface area contributed by atoms with Gasteiger partial charge in [0.15, 0.2) is 0 Å². The second-order valence-electron chi connectivity index (χ2n) is 4.81. The van der Waals surface area contributed by atoms with Gasteiger partial charge in [-0.3, -0.25) is 4.98 Å². The molecule has 0 spiro atoms. The van der Waals surface area contributed by atoms with E-state index in [0.29, 0.717) is 6.42 Å². The van der Waals surface area contributed by atoms with Crippen molar-refractivity contribution in [3.05, 3.63) is 54.9 Å². The first-order valence-corrected chi connectivity index (χ1v) is 6.58. The Kier molecular flexibility index (Phi) is 4.03. The summed E-state index contributed by atoms with van der Waals surface area (Å²) in [5.41, 5.74) is 0.586. The van der Waals surface area contributed by atoms with Crippen LogP contribution in [-0.4, -0.2) is 21.6 Å². The number of carbonyl (C=O) groups is 1. The number of anilines is 2. The number of rotatable bonds is 5. The zero-order valence-electron chi connectivity index (χ0n) is 11.7. The summed E-state index contributed by atoms with van der Waals surface area (Å²) < 4.78 is 0. The highest BCUT2D eigenvalue weighted by Crippen LogP contribution is 2.34. The molecular formula is C16H18N2O2. The number of pyridine rings is 1. The second kappa shape index (κ2) is 5.74. The molecule has 0 fully saturated rings. The van der Waals surface area contributed by atoms with Crippen molar-refractivity contribution in [1.82, 2.24) is 4.98 Å². The number of hydrogen-bond donors (Lipinski definition) is 1. The third-order valence-electron chi connectivity index (χ3n) is 3.56. The maximum Gasteiger partial charge on any atom is 0.329 e. The molecule has 104 valence electrons. The van der Waals surface area contributed by atoms with Crippen LogP contribution >= 0.6 is 0 Å². The quantitative estimate of drug-likeness (QED) is 0.903. The van der Waals surface area contributed by atoms with E-state index >= 15 is 0 Å². The first-order chi connectivity index (χ1) is 9.59. The smallest absolute Gasteiger partial charge is 0.329 e. The predicted octanol–water partition coefficient (Wildman–Crippen LogP) is 3.47. The fourth-order valence-corrected chi connectivity index (χ4v) is 2.19. The zero-order valence-corrected chi connectivity index (χ0v) is 11.7. The molecule has 0 saturated heterocycles. The lowest BCUT2D eigenvalue weighted by atomic mass is 9.95. The van der Waals surface area contributed by atoms with Crippen LogP contribution in [0, 0.1) is 0 Å². The van der Waals surface area contributed by atoms with Crippen molar-refractivity contribution in [2.45, 2.75) is 25.8 Å². The molecule has 0 amide bonds. The molecule has 2 rings (SSSR count). The minimum atomic E-state index is -1.02. The van der Waals surface area contributed by atoms with Crippen molar-refractivity contribution in [2.24, 2.45) is 0 Å². The molecule has 4 heteroatoms. The Labute approximate surface area is 118 Å². The van der Waals surface area contributed by atoms with Crippen LogP contribution in [0.15, 0.2) is 54.9 Å². The van der Waals surface area contributed by atoms with Gasteiger partial charge in [-0.2, -0.15) is 0 Å². The van der Waals surface area contributed by atoms with Gasteiger partial charge < -0.3 is 10.0 Å². The average molecular weight is 270 g/mol. The lowest BCUT2D eigenvalue weighted by molar-refractivity contribution is -0.142. The largest absolute Gasteiger partial charge is 0.479 e. The van der Waals surface area contributed by atoms with E-state index in [4.69, 9.17) is 0 Å². The summed E-state index contributed by atoms with van der Waals surface area (Å²) in [7, 11) is 0. The van der Waals surface area contributed by atoms with Gasteiger partial charge in [0.2, 0.25) is 0 Å². The molecule has 1 N–H and O–H groups in total. The topological polar surface area (TPSA) is 53.4 Å². The number of carboxylic acid groups (broad SMARTS) is 1. The second-order valence-corrected chi connectivity index (χ2v) is 4.81. The standard InChI is InChI=1S/C16H18N2O2/c1-3-16(2,15(19)20)18(13-8-5-4-6-9-13)14-10-7-11-17-12-14/h4-12H,3H2,1-2H3,(H,19,20). The Bertz CT molecular complexity index is 532. The van der Waals surface area contributed by atoms with Gasteiger partial charge in [-0.15, -0.1) is 0 Å². The van der Waals surface area contributed by atoms with Crippen LogP contribution in [0.5, 0.6) is 0 Å². The molecule has 1 unspecified atom stereocenters. The number of aromatic nitrogens is 1. The molecule has 1 atom stereocenters. The van der Waals surface area contributed by atoms with Gasteiger partial charge in [0.1, 0.15) is 5.54 Å². The van der Waals surface area contributed by atoms with Crippen molar-refractivity contribution in [1.29, 1.82) is 0 Å². The minimum Gasteiger partial charge on any atom is -0.479 e. The summed E-state index contributed by atoms with van der Waals surface area (Å²) in [6, 6.07) is 13.2. The summed E-state index contributed by atoms with van der Waals surface area (Å²) in [5, 5.41) is 9.66. The Morgan fingerprint density at radius 2 is 1.85 bits per heavy atom. The predicted molar refractivity (Wildman–Crippen MR) is 79.1 cm³/mol. The fourth-order valence-electron chi connectivity index (χ4n) is 2.19. The van der Waals surface area contributed by atoms with Gasteiger partial charge in [-0.25, -0.2) is 4.79 Å². The van der Waals surface area contributed by atoms with E-state index in [0.717, 1.165) is 11.4 Å². The molecule has 1 heterocycles. The van der Waals surface area contributed by atoms with E-state index in [1.165, 1.54) is 0 Å². The molecule has 4 nitrogen and oxygen atoms in total. The van der Waals surface area contributed by atoms with Crippen molar-refractivity contribution >= 4 is 17.3 Å². The summed E-state index contributed by atoms with van der Waals surface area (Å²) >= 11 is 0. The van der Waals surface area contributed by atoms with Crippen LogP contribution in [0.1, 0.15) is 20.3 Å². The Morgan fingerprint density at radius 1 is 1.20 bits per heavy atom. The lowest BCUT2D eigenvalue weighted by Crippen LogP contribution is -2.49. The maximum absolute atomic E-state index is 11.8. The number of nitrogens with zero attached hydrogens (tertiary/aromatic N) is 2. The number of carboxylic acids is 1. The highest BCUT2D eigenvalue weighted by atomic mass is 16.4. The van der Waals surface area contributed by atoms with E-state index in [9.17, 15) is 9.90 Å². The van der Waals surface area contributed by atoms with E-state index in [1.807, 2.05) is 54.3 Å². The van der Waals surface area contributed by atoms with Crippen LogP contribution in [0.3, 0.4) is 0 Å². The molecule has 0 saturated carbocycles. The fraction of sp³-hybridized carbons (Fsp3) is 0.250. The van der Waals surface area contributed by atoms with E-state index in [2.05, 4.69) is 4.98 Å². The molecule has 0 bridgehead atoms. The van der Waals surface area contributed by atoms with Gasteiger partial charge in [0.05, 0.1) is 11.9 Å². The van der Waals surface area contributed by atoms with Gasteiger partial charge in [0, 0.05) is 11.9 Å². The Balaban J connectivity index is 2.59. The minimum absolute atomic E-state index is 0.478. The molecule has 0 aliphatic carbocycles. The van der Waals surface area contributed by atoms with Crippen molar-refractivity contribution in [2.75, 3.05) is 4.90 Å². The van der Waals surface area contributed by atoms with Gasteiger partial charge >= 0.3 is 5.97 Å². The first kappa shape index (κ1) is 14.1. The van der Waals surface area contributed by atoms with Crippen LogP contribution in [0.4, 0.5) is 11.4 Å². The van der Waals surface area contributed by atoms with E-state index < -0.39 is 11.5 Å². The van der Waals surface area contributed by atoms with E-state index in [-0.39, 0.29) is 0 Å². The van der Waals surface area contributed by atoms with Gasteiger partial charge in [-0.1, -0.05) is 25.1 Å². The maximum atomic E-state index is 11.8. The molecule has 2 aromatic rings. The van der Waals surface area contributed by atoms with E-state index in [1.54, 1.807) is 19.3 Å². The van der Waals surface area contributed by atoms with Crippen molar-refractivity contribution in [3.63, 3.8) is 0 Å². The summed E-state index contributed by atoms with van der Waals surface area (Å²) in [4.78, 5) is 17.7. The number of hydrogen-bond acceptors (Lipinski definition) is 3. The molecule has 0 radical (unpaired) electrons. The number of para-hydroxylation sites is 1. The third kappa shape index (κ3) is 2.50. The van der Waals surface area contributed by atoms with Gasteiger partial charge in [0.25, 0.3) is 0 Å². The molecule has 1 aromatic heterocycles. The highest BCUT2D eigenvalue weighted by molar-refractivity contribution is 5.86. The first-order valence-electron chi connectivity index (χ1n) is 6.58. The third-order valence-corrected chi connectivity index (χ3v) is 3.56. The zero-order chi connectivity index (χ0) is 14.6. The lowest BCUT2D eigenvalue weighted by Gasteiger charge is -2.39. The average Bonchev–Trinajstić information content (AvgIpc) is 2.49. The summed E-state index contributed by atoms with van der Waals surface area (Å²) in [6.45, 7) is 3.61. The van der Waals surface area contributed by atoms with Crippen LogP contribution < -0.4 is 4.90 Å². The van der Waals surface area contributed by atoms with Crippen molar-refractivity contribution in [3.8, 4) is 0 Å². The molecule has 0 aliphatic rings. The Morgan fingerprint density at radius 3 is 2.35 bits per heavy atom. The molecule has 1 aromatic carbocycles. The highest BCUT2D eigenvalue weighted by Gasteiger charge is 2.39. The summed E-state index contributed by atoms with van der Waals surface area (Å²) in [6.07, 6.45) is 3.84. The van der Waals surface area contributed by atoms with Crippen LogP contribution in [0.2, 0.25) is 0 Å². The monoisotopic (exact) mass is 270 g/mol. The molecular weight excluding hydrogens is 252 g/mol.